The van der Waals surface area contributed by atoms with Gasteiger partial charge in [-0.2, -0.15) is 0 Å². The smallest absolute Gasteiger partial charge is 0.168 e. The van der Waals surface area contributed by atoms with Gasteiger partial charge in [-0.05, 0) is 18.6 Å². The lowest BCUT2D eigenvalue weighted by Gasteiger charge is -2.11. The topological polar surface area (TPSA) is 9.23 Å². The highest BCUT2D eigenvalue weighted by atomic mass is 19.1. The van der Waals surface area contributed by atoms with Crippen molar-refractivity contribution < 1.29 is 13.5 Å². The van der Waals surface area contributed by atoms with E-state index in [2.05, 4.69) is 0 Å². The fraction of sp³-hybridized carbons (Fsp3) is 0.143. The van der Waals surface area contributed by atoms with Crippen LogP contribution < -0.4 is 4.74 Å². The molecule has 0 bridgehead atoms. The maximum absolute atomic E-state index is 13.6. The molecular weight excluding hydrogens is 222 g/mol. The molecule has 0 aliphatic heterocycles. The number of halogens is 2. The van der Waals surface area contributed by atoms with Crippen LogP contribution >= 0.6 is 0 Å². The Bertz CT molecular complexity index is 509. The SMILES string of the molecule is CCOc1c(F)cc(F)cc1-c1ccccc1. The van der Waals surface area contributed by atoms with Gasteiger partial charge in [-0.15, -0.1) is 0 Å². The van der Waals surface area contributed by atoms with Crippen LogP contribution in [0.1, 0.15) is 6.92 Å². The molecule has 3 heteroatoms. The summed E-state index contributed by atoms with van der Waals surface area (Å²) in [5.74, 6) is -1.18. The number of benzene rings is 2. The summed E-state index contributed by atoms with van der Waals surface area (Å²) in [5, 5.41) is 0. The van der Waals surface area contributed by atoms with E-state index in [0.717, 1.165) is 11.6 Å². The average molecular weight is 234 g/mol. The molecule has 1 nitrogen and oxygen atoms in total. The molecule has 0 aliphatic carbocycles. The molecule has 0 unspecified atom stereocenters. The third-order valence-corrected chi connectivity index (χ3v) is 2.38. The fourth-order valence-corrected chi connectivity index (χ4v) is 1.68. The molecule has 0 amide bonds. The van der Waals surface area contributed by atoms with E-state index in [-0.39, 0.29) is 5.75 Å². The number of rotatable bonds is 3. The van der Waals surface area contributed by atoms with Gasteiger partial charge in [0.2, 0.25) is 0 Å². The van der Waals surface area contributed by atoms with E-state index in [9.17, 15) is 8.78 Å². The normalized spacial score (nSPS) is 10.3. The summed E-state index contributed by atoms with van der Waals surface area (Å²) >= 11 is 0. The molecular formula is C14H12F2O. The van der Waals surface area contributed by atoms with Crippen LogP contribution in [0.3, 0.4) is 0 Å². The molecule has 0 atom stereocenters. The van der Waals surface area contributed by atoms with Crippen LogP contribution in [0, 0.1) is 11.6 Å². The summed E-state index contributed by atoms with van der Waals surface area (Å²) in [6.07, 6.45) is 0. The van der Waals surface area contributed by atoms with Gasteiger partial charge in [-0.1, -0.05) is 30.3 Å². The van der Waals surface area contributed by atoms with E-state index < -0.39 is 11.6 Å². The summed E-state index contributed by atoms with van der Waals surface area (Å²) in [4.78, 5) is 0. The van der Waals surface area contributed by atoms with E-state index in [1.807, 2.05) is 18.2 Å². The second kappa shape index (κ2) is 4.95. The Morgan fingerprint density at radius 3 is 2.41 bits per heavy atom. The van der Waals surface area contributed by atoms with Crippen LogP contribution in [-0.2, 0) is 0 Å². The highest BCUT2D eigenvalue weighted by Gasteiger charge is 2.13. The van der Waals surface area contributed by atoms with E-state index in [1.165, 1.54) is 6.07 Å². The molecule has 2 rings (SSSR count). The van der Waals surface area contributed by atoms with Crippen molar-refractivity contribution in [1.29, 1.82) is 0 Å². The Hall–Kier alpha value is -1.90. The summed E-state index contributed by atoms with van der Waals surface area (Å²) < 4.78 is 32.1. The summed E-state index contributed by atoms with van der Waals surface area (Å²) in [6.45, 7) is 2.10. The first kappa shape index (κ1) is 11.6. The van der Waals surface area contributed by atoms with Gasteiger partial charge in [0.05, 0.1) is 6.61 Å². The second-order valence-corrected chi connectivity index (χ2v) is 3.56. The molecule has 2 aromatic rings. The van der Waals surface area contributed by atoms with Crippen LogP contribution in [0.5, 0.6) is 5.75 Å². The minimum Gasteiger partial charge on any atom is -0.490 e. The Balaban J connectivity index is 2.59. The first-order chi connectivity index (χ1) is 8.22. The van der Waals surface area contributed by atoms with Gasteiger partial charge in [0, 0.05) is 11.6 Å². The van der Waals surface area contributed by atoms with E-state index in [0.29, 0.717) is 12.2 Å². The predicted octanol–water partition coefficient (Wildman–Crippen LogP) is 4.03. The number of hydrogen-bond acceptors (Lipinski definition) is 1. The van der Waals surface area contributed by atoms with Gasteiger partial charge in [0.15, 0.2) is 11.6 Å². The van der Waals surface area contributed by atoms with Crippen LogP contribution in [0.4, 0.5) is 8.78 Å². The van der Waals surface area contributed by atoms with Crippen molar-refractivity contribution >= 4 is 0 Å². The first-order valence-corrected chi connectivity index (χ1v) is 5.39. The molecule has 2 aromatic carbocycles. The number of hydrogen-bond donors (Lipinski definition) is 0. The van der Waals surface area contributed by atoms with Crippen molar-refractivity contribution in [3.63, 3.8) is 0 Å². The Labute approximate surface area is 98.7 Å². The molecule has 0 spiro atoms. The largest absolute Gasteiger partial charge is 0.490 e. The summed E-state index contributed by atoms with van der Waals surface area (Å²) in [5.41, 5.74) is 1.17. The standard InChI is InChI=1S/C14H12F2O/c1-2-17-14-12(8-11(15)9-13(14)16)10-6-4-3-5-7-10/h3-9H,2H2,1H3. The van der Waals surface area contributed by atoms with Crippen molar-refractivity contribution in [3.05, 3.63) is 54.1 Å². The molecule has 88 valence electrons. The van der Waals surface area contributed by atoms with Crippen molar-refractivity contribution in [1.82, 2.24) is 0 Å². The van der Waals surface area contributed by atoms with Gasteiger partial charge in [-0.25, -0.2) is 8.78 Å². The van der Waals surface area contributed by atoms with Crippen molar-refractivity contribution in [2.75, 3.05) is 6.61 Å². The quantitative estimate of drug-likeness (QED) is 0.779. The zero-order valence-electron chi connectivity index (χ0n) is 9.41. The minimum atomic E-state index is -0.675. The van der Waals surface area contributed by atoms with Gasteiger partial charge < -0.3 is 4.74 Å². The van der Waals surface area contributed by atoms with E-state index >= 15 is 0 Å². The van der Waals surface area contributed by atoms with Gasteiger partial charge in [-0.3, -0.25) is 0 Å². The lowest BCUT2D eigenvalue weighted by Crippen LogP contribution is -1.98. The average Bonchev–Trinajstić information content (AvgIpc) is 2.33. The van der Waals surface area contributed by atoms with Crippen LogP contribution in [0.15, 0.2) is 42.5 Å². The molecule has 0 heterocycles. The molecule has 0 radical (unpaired) electrons. The molecule has 0 fully saturated rings. The molecule has 0 saturated carbocycles. The predicted molar refractivity (Wildman–Crippen MR) is 63.0 cm³/mol. The van der Waals surface area contributed by atoms with Crippen LogP contribution in [0.2, 0.25) is 0 Å². The zero-order chi connectivity index (χ0) is 12.3. The van der Waals surface area contributed by atoms with E-state index in [1.54, 1.807) is 19.1 Å². The van der Waals surface area contributed by atoms with Crippen LogP contribution in [-0.4, -0.2) is 6.61 Å². The molecule has 0 saturated heterocycles. The Kier molecular flexibility index (Phi) is 3.38. The maximum atomic E-state index is 13.6. The van der Waals surface area contributed by atoms with Crippen molar-refractivity contribution in [2.24, 2.45) is 0 Å². The van der Waals surface area contributed by atoms with Crippen molar-refractivity contribution in [3.8, 4) is 16.9 Å². The monoisotopic (exact) mass is 234 g/mol. The lowest BCUT2D eigenvalue weighted by molar-refractivity contribution is 0.322. The first-order valence-electron chi connectivity index (χ1n) is 5.39. The van der Waals surface area contributed by atoms with Gasteiger partial charge in [0.25, 0.3) is 0 Å². The molecule has 17 heavy (non-hydrogen) atoms. The minimum absolute atomic E-state index is 0.0973. The highest BCUT2D eigenvalue weighted by Crippen LogP contribution is 2.33. The van der Waals surface area contributed by atoms with Crippen molar-refractivity contribution in [2.45, 2.75) is 6.92 Å². The van der Waals surface area contributed by atoms with Crippen LogP contribution in [0.25, 0.3) is 11.1 Å². The Morgan fingerprint density at radius 1 is 1.06 bits per heavy atom. The highest BCUT2D eigenvalue weighted by molar-refractivity contribution is 5.70. The third kappa shape index (κ3) is 2.44. The molecule has 0 aliphatic rings. The lowest BCUT2D eigenvalue weighted by atomic mass is 10.0. The third-order valence-electron chi connectivity index (χ3n) is 2.38. The molecule has 0 aromatic heterocycles. The van der Waals surface area contributed by atoms with Gasteiger partial charge in [0.1, 0.15) is 5.82 Å². The fourth-order valence-electron chi connectivity index (χ4n) is 1.68. The van der Waals surface area contributed by atoms with Gasteiger partial charge >= 0.3 is 0 Å². The maximum Gasteiger partial charge on any atom is 0.168 e. The van der Waals surface area contributed by atoms with E-state index in [4.69, 9.17) is 4.74 Å². The summed E-state index contributed by atoms with van der Waals surface area (Å²) in [7, 11) is 0. The number of ether oxygens (including phenoxy) is 1. The summed E-state index contributed by atoms with van der Waals surface area (Å²) in [6, 6.07) is 11.2. The Morgan fingerprint density at radius 2 is 1.76 bits per heavy atom. The molecule has 0 N–H and O–H groups in total. The zero-order valence-corrected chi connectivity index (χ0v) is 9.41. The second-order valence-electron chi connectivity index (χ2n) is 3.56.